The predicted octanol–water partition coefficient (Wildman–Crippen LogP) is 4.15. The second-order valence-electron chi connectivity index (χ2n) is 8.59. The number of ether oxygens (including phenoxy) is 1. The van der Waals surface area contributed by atoms with Gasteiger partial charge in [-0.1, -0.05) is 37.3 Å². The van der Waals surface area contributed by atoms with Gasteiger partial charge in [-0.05, 0) is 51.8 Å². The summed E-state index contributed by atoms with van der Waals surface area (Å²) >= 11 is 5.61. The Balaban J connectivity index is 2.00. The van der Waals surface area contributed by atoms with Crippen molar-refractivity contribution in [3.63, 3.8) is 0 Å². The van der Waals surface area contributed by atoms with Gasteiger partial charge in [0.15, 0.2) is 0 Å². The van der Waals surface area contributed by atoms with Crippen molar-refractivity contribution in [2.24, 2.45) is 0 Å². The van der Waals surface area contributed by atoms with Crippen LogP contribution in [0.1, 0.15) is 59.3 Å². The van der Waals surface area contributed by atoms with E-state index in [0.717, 1.165) is 31.7 Å². The Morgan fingerprint density at radius 3 is 2.30 bits per heavy atom. The van der Waals surface area contributed by atoms with E-state index in [4.69, 9.17) is 16.3 Å². The van der Waals surface area contributed by atoms with Crippen LogP contribution in [-0.2, 0) is 14.3 Å². The number of halogens is 2. The van der Waals surface area contributed by atoms with E-state index in [1.165, 1.54) is 12.1 Å². The maximum Gasteiger partial charge on any atom is 0.408 e. The number of benzene rings is 1. The zero-order valence-electron chi connectivity index (χ0n) is 17.6. The van der Waals surface area contributed by atoms with Crippen molar-refractivity contribution < 1.29 is 23.5 Å². The van der Waals surface area contributed by atoms with E-state index >= 15 is 0 Å². The van der Waals surface area contributed by atoms with Crippen LogP contribution in [0.25, 0.3) is 0 Å². The number of carbonyl (C=O) groups is 3. The molecule has 3 N–H and O–H groups in total. The van der Waals surface area contributed by atoms with Gasteiger partial charge >= 0.3 is 17.9 Å². The number of hydrogen-bond acceptors (Lipinski definition) is 4. The van der Waals surface area contributed by atoms with Crippen LogP contribution >= 0.6 is 11.6 Å². The van der Waals surface area contributed by atoms with E-state index in [1.807, 2.05) is 0 Å². The number of alkyl carbamates (subject to hydrolysis) is 1. The molecule has 9 heteroatoms. The molecule has 0 atom stereocenters. The quantitative estimate of drug-likeness (QED) is 0.483. The zero-order valence-corrected chi connectivity index (χ0v) is 18.3. The Morgan fingerprint density at radius 2 is 1.73 bits per heavy atom. The fourth-order valence-corrected chi connectivity index (χ4v) is 3.48. The van der Waals surface area contributed by atoms with Gasteiger partial charge in [-0.2, -0.15) is 0 Å². The Bertz CT molecular complexity index is 787. The average Bonchev–Trinajstić information content (AvgIpc) is 2.87. The molecular weight excluding hydrogens is 413 g/mol. The highest BCUT2D eigenvalue weighted by Gasteiger charge is 2.35. The van der Waals surface area contributed by atoms with E-state index in [-0.39, 0.29) is 17.3 Å². The molecule has 2 rings (SSSR count). The maximum absolute atomic E-state index is 13.5. The Morgan fingerprint density at radius 1 is 1.10 bits per heavy atom. The van der Waals surface area contributed by atoms with Gasteiger partial charge in [-0.15, -0.1) is 0 Å². The minimum absolute atomic E-state index is 0.0824. The first-order valence-corrected chi connectivity index (χ1v) is 10.4. The minimum Gasteiger partial charge on any atom is -0.444 e. The first-order chi connectivity index (χ1) is 14.0. The molecule has 1 saturated carbocycles. The van der Waals surface area contributed by atoms with Crippen LogP contribution in [0.2, 0.25) is 5.02 Å². The fourth-order valence-electron chi connectivity index (χ4n) is 3.36. The van der Waals surface area contributed by atoms with Crippen LogP contribution in [0, 0.1) is 5.82 Å². The van der Waals surface area contributed by atoms with Crippen molar-refractivity contribution in [1.82, 2.24) is 10.6 Å². The van der Waals surface area contributed by atoms with Gasteiger partial charge in [0, 0.05) is 12.2 Å². The summed E-state index contributed by atoms with van der Waals surface area (Å²) in [5.74, 6) is -2.51. The first-order valence-electron chi connectivity index (χ1n) is 10.1. The third kappa shape index (κ3) is 7.48. The molecule has 0 unspecified atom stereocenters. The molecule has 1 fully saturated rings. The fraction of sp³-hybridized carbons (Fsp3) is 0.571. The topological polar surface area (TPSA) is 96.5 Å². The van der Waals surface area contributed by atoms with Gasteiger partial charge in [-0.3, -0.25) is 9.59 Å². The van der Waals surface area contributed by atoms with Gasteiger partial charge in [0.1, 0.15) is 11.4 Å². The molecule has 1 aliphatic rings. The summed E-state index contributed by atoms with van der Waals surface area (Å²) in [6, 6.07) is 3.72. The molecular formula is C21H29ClFN3O4. The lowest BCUT2D eigenvalue weighted by molar-refractivity contribution is -0.136. The second kappa shape index (κ2) is 10.1. The molecule has 1 aromatic carbocycles. The molecule has 0 radical (unpaired) electrons. The molecule has 3 amide bonds. The summed E-state index contributed by atoms with van der Waals surface area (Å²) in [6.45, 7) is 5.42. The standard InChI is InChI=1S/C21H29ClFN3O4/c1-20(2,3)30-19(29)26-21(10-6-4-5-7-11-21)13-24-17(27)18(28)25-14-8-9-15(22)16(23)12-14/h8-9,12H,4-7,10-11,13H2,1-3H3,(H,24,27)(H,25,28)(H,26,29). The highest BCUT2D eigenvalue weighted by Crippen LogP contribution is 2.27. The highest BCUT2D eigenvalue weighted by atomic mass is 35.5. The third-order valence-corrected chi connectivity index (χ3v) is 5.10. The summed E-state index contributed by atoms with van der Waals surface area (Å²) in [7, 11) is 0. The molecule has 0 aliphatic heterocycles. The number of hydrogen-bond donors (Lipinski definition) is 3. The molecule has 7 nitrogen and oxygen atoms in total. The summed E-state index contributed by atoms with van der Waals surface area (Å²) < 4.78 is 18.9. The molecule has 1 aliphatic carbocycles. The SMILES string of the molecule is CC(C)(C)OC(=O)NC1(CNC(=O)C(=O)Nc2ccc(Cl)c(F)c2)CCCCCC1. The number of carbonyl (C=O) groups excluding carboxylic acids is 3. The number of amides is 3. The highest BCUT2D eigenvalue weighted by molar-refractivity contribution is 6.39. The molecule has 166 valence electrons. The Hall–Kier alpha value is -2.35. The van der Waals surface area contributed by atoms with Crippen LogP contribution in [0.4, 0.5) is 14.9 Å². The predicted molar refractivity (Wildman–Crippen MR) is 113 cm³/mol. The van der Waals surface area contributed by atoms with E-state index in [0.29, 0.717) is 12.8 Å². The largest absolute Gasteiger partial charge is 0.444 e. The summed E-state index contributed by atoms with van der Waals surface area (Å²) in [6.07, 6.45) is 4.62. The minimum atomic E-state index is -0.933. The molecule has 30 heavy (non-hydrogen) atoms. The van der Waals surface area contributed by atoms with E-state index < -0.39 is 34.9 Å². The zero-order chi connectivity index (χ0) is 22.4. The van der Waals surface area contributed by atoms with Crippen molar-refractivity contribution in [3.05, 3.63) is 29.0 Å². The number of rotatable bonds is 4. The normalized spacial score (nSPS) is 16.2. The van der Waals surface area contributed by atoms with Crippen molar-refractivity contribution in [1.29, 1.82) is 0 Å². The first kappa shape index (κ1) is 23.9. The van der Waals surface area contributed by atoms with Crippen LogP contribution in [0.3, 0.4) is 0 Å². The van der Waals surface area contributed by atoms with Gasteiger partial charge in [0.2, 0.25) is 0 Å². The number of anilines is 1. The smallest absolute Gasteiger partial charge is 0.408 e. The van der Waals surface area contributed by atoms with Gasteiger partial charge in [0.05, 0.1) is 10.6 Å². The Kier molecular flexibility index (Phi) is 8.06. The van der Waals surface area contributed by atoms with Crippen LogP contribution < -0.4 is 16.0 Å². The summed E-state index contributed by atoms with van der Waals surface area (Å²) in [4.78, 5) is 36.8. The lowest BCUT2D eigenvalue weighted by Crippen LogP contribution is -2.57. The lowest BCUT2D eigenvalue weighted by Gasteiger charge is -2.35. The molecule has 0 heterocycles. The van der Waals surface area contributed by atoms with E-state index in [1.54, 1.807) is 20.8 Å². The van der Waals surface area contributed by atoms with Crippen LogP contribution in [-0.4, -0.2) is 35.6 Å². The summed E-state index contributed by atoms with van der Waals surface area (Å²) in [5, 5.41) is 7.76. The molecule has 1 aromatic rings. The average molecular weight is 442 g/mol. The van der Waals surface area contributed by atoms with E-state index in [9.17, 15) is 18.8 Å². The van der Waals surface area contributed by atoms with Gasteiger partial charge in [0.25, 0.3) is 0 Å². The van der Waals surface area contributed by atoms with Crippen LogP contribution in [0.5, 0.6) is 0 Å². The van der Waals surface area contributed by atoms with Crippen molar-refractivity contribution >= 4 is 35.2 Å². The molecule has 0 spiro atoms. The molecule has 0 aromatic heterocycles. The number of nitrogens with one attached hydrogen (secondary N) is 3. The van der Waals surface area contributed by atoms with Crippen molar-refractivity contribution in [2.45, 2.75) is 70.4 Å². The lowest BCUT2D eigenvalue weighted by atomic mass is 9.90. The van der Waals surface area contributed by atoms with Gasteiger partial charge in [-0.25, -0.2) is 9.18 Å². The second-order valence-corrected chi connectivity index (χ2v) is 8.99. The summed E-state index contributed by atoms with van der Waals surface area (Å²) in [5.41, 5.74) is -1.22. The monoisotopic (exact) mass is 441 g/mol. The van der Waals surface area contributed by atoms with Crippen molar-refractivity contribution in [2.75, 3.05) is 11.9 Å². The maximum atomic E-state index is 13.5. The molecule has 0 saturated heterocycles. The molecule has 0 bridgehead atoms. The van der Waals surface area contributed by atoms with Crippen LogP contribution in [0.15, 0.2) is 18.2 Å². The van der Waals surface area contributed by atoms with Gasteiger partial charge < -0.3 is 20.7 Å². The Labute approximate surface area is 181 Å². The van der Waals surface area contributed by atoms with Crippen molar-refractivity contribution in [3.8, 4) is 0 Å². The third-order valence-electron chi connectivity index (χ3n) is 4.80. The van der Waals surface area contributed by atoms with E-state index in [2.05, 4.69) is 16.0 Å².